The fourth-order valence-corrected chi connectivity index (χ4v) is 3.69. The molecule has 0 atom stereocenters. The number of nitro benzene ring substituents is 1. The standard InChI is InChI=1S/C22H19N7O4S/c30-20(24-16-6-8-17(9-7-16)29(32)33)14-34-21-11-10-18-25-26-19(28(18)27-21)12-13-23-22(31)15-4-2-1-3-5-15/h1-11H,12-14H2,(H,23,31)(H,24,30). The molecule has 0 radical (unpaired) electrons. The third-order valence-electron chi connectivity index (χ3n) is 4.69. The topological polar surface area (TPSA) is 144 Å². The summed E-state index contributed by atoms with van der Waals surface area (Å²) in [5.74, 6) is 0.243. The van der Waals surface area contributed by atoms with E-state index in [9.17, 15) is 19.7 Å². The number of nitro groups is 1. The highest BCUT2D eigenvalue weighted by Crippen LogP contribution is 2.18. The van der Waals surface area contributed by atoms with Gasteiger partial charge in [-0.2, -0.15) is 9.61 Å². The van der Waals surface area contributed by atoms with Gasteiger partial charge in [0.25, 0.3) is 11.6 Å². The lowest BCUT2D eigenvalue weighted by Gasteiger charge is -2.06. The molecule has 0 aliphatic rings. The molecule has 2 aromatic heterocycles. The van der Waals surface area contributed by atoms with E-state index >= 15 is 0 Å². The van der Waals surface area contributed by atoms with E-state index in [1.54, 1.807) is 40.9 Å². The molecule has 172 valence electrons. The second-order valence-electron chi connectivity index (χ2n) is 7.07. The second-order valence-corrected chi connectivity index (χ2v) is 8.07. The Kier molecular flexibility index (Phi) is 7.08. The highest BCUT2D eigenvalue weighted by atomic mass is 32.2. The zero-order chi connectivity index (χ0) is 23.9. The van der Waals surface area contributed by atoms with Gasteiger partial charge in [0.2, 0.25) is 5.91 Å². The van der Waals surface area contributed by atoms with Crippen molar-refractivity contribution in [2.75, 3.05) is 17.6 Å². The van der Waals surface area contributed by atoms with Gasteiger partial charge in [0.1, 0.15) is 5.03 Å². The van der Waals surface area contributed by atoms with Crippen molar-refractivity contribution in [3.63, 3.8) is 0 Å². The third kappa shape index (κ3) is 5.72. The molecule has 2 heterocycles. The molecule has 0 fully saturated rings. The van der Waals surface area contributed by atoms with Crippen molar-refractivity contribution < 1.29 is 14.5 Å². The summed E-state index contributed by atoms with van der Waals surface area (Å²) in [4.78, 5) is 34.6. The van der Waals surface area contributed by atoms with Crippen molar-refractivity contribution in [2.24, 2.45) is 0 Å². The largest absolute Gasteiger partial charge is 0.352 e. The molecule has 2 N–H and O–H groups in total. The second kappa shape index (κ2) is 10.5. The molecule has 0 aliphatic heterocycles. The number of benzene rings is 2. The molecule has 0 spiro atoms. The predicted molar refractivity (Wildman–Crippen MR) is 126 cm³/mol. The Morgan fingerprint density at radius 1 is 1.00 bits per heavy atom. The Bertz CT molecular complexity index is 1330. The zero-order valence-electron chi connectivity index (χ0n) is 17.7. The first-order chi connectivity index (χ1) is 16.5. The smallest absolute Gasteiger partial charge is 0.269 e. The maximum atomic E-state index is 12.2. The van der Waals surface area contributed by atoms with Gasteiger partial charge >= 0.3 is 0 Å². The van der Waals surface area contributed by atoms with Crippen LogP contribution in [0.2, 0.25) is 0 Å². The van der Waals surface area contributed by atoms with Crippen LogP contribution in [0, 0.1) is 10.1 Å². The summed E-state index contributed by atoms with van der Waals surface area (Å²) in [7, 11) is 0. The molecule has 12 heteroatoms. The number of rotatable bonds is 9. The lowest BCUT2D eigenvalue weighted by Crippen LogP contribution is -2.26. The summed E-state index contributed by atoms with van der Waals surface area (Å²) >= 11 is 1.23. The number of nitrogens with one attached hydrogen (secondary N) is 2. The summed E-state index contributed by atoms with van der Waals surface area (Å²) in [6.07, 6.45) is 0.432. The number of thioether (sulfide) groups is 1. The number of carbonyl (C=O) groups excluding carboxylic acids is 2. The Hall–Kier alpha value is -4.32. The first-order valence-electron chi connectivity index (χ1n) is 10.2. The Labute approximate surface area is 197 Å². The molecule has 2 amide bonds. The number of anilines is 1. The van der Waals surface area contributed by atoms with Crippen molar-refractivity contribution >= 4 is 40.6 Å². The molecule has 4 rings (SSSR count). The highest BCUT2D eigenvalue weighted by molar-refractivity contribution is 7.99. The van der Waals surface area contributed by atoms with Gasteiger partial charge in [0.15, 0.2) is 11.5 Å². The SMILES string of the molecule is O=C(CSc1ccc2nnc(CCNC(=O)c3ccccc3)n2n1)Nc1ccc([N+](=O)[O-])cc1. The summed E-state index contributed by atoms with van der Waals surface area (Å²) in [6, 6.07) is 18.0. The first kappa shape index (κ1) is 22.9. The molecule has 11 nitrogen and oxygen atoms in total. The Morgan fingerprint density at radius 2 is 1.76 bits per heavy atom. The van der Waals surface area contributed by atoms with Crippen LogP contribution in [0.15, 0.2) is 71.8 Å². The maximum Gasteiger partial charge on any atom is 0.269 e. The number of fused-ring (bicyclic) bond motifs is 1. The van der Waals surface area contributed by atoms with Crippen LogP contribution < -0.4 is 10.6 Å². The number of amides is 2. The first-order valence-corrected chi connectivity index (χ1v) is 11.2. The lowest BCUT2D eigenvalue weighted by atomic mass is 10.2. The maximum absolute atomic E-state index is 12.2. The van der Waals surface area contributed by atoms with Crippen LogP contribution in [0.1, 0.15) is 16.2 Å². The van der Waals surface area contributed by atoms with Crippen molar-refractivity contribution in [2.45, 2.75) is 11.4 Å². The molecule has 0 bridgehead atoms. The van der Waals surface area contributed by atoms with Crippen molar-refractivity contribution in [1.29, 1.82) is 0 Å². The number of hydrogen-bond acceptors (Lipinski definition) is 8. The molecular weight excluding hydrogens is 458 g/mol. The summed E-state index contributed by atoms with van der Waals surface area (Å²) in [5, 5.41) is 29.6. The molecule has 4 aromatic rings. The minimum absolute atomic E-state index is 0.0470. The van der Waals surface area contributed by atoms with Gasteiger partial charge in [0.05, 0.1) is 10.7 Å². The monoisotopic (exact) mass is 477 g/mol. The third-order valence-corrected chi connectivity index (χ3v) is 5.61. The van der Waals surface area contributed by atoms with E-state index in [-0.39, 0.29) is 23.3 Å². The number of non-ortho nitro benzene ring substituents is 1. The van der Waals surface area contributed by atoms with Crippen LogP contribution in [-0.4, -0.2) is 48.8 Å². The fraction of sp³-hybridized carbons (Fsp3) is 0.136. The van der Waals surface area contributed by atoms with E-state index < -0.39 is 4.92 Å². The van der Waals surface area contributed by atoms with Crippen molar-refractivity contribution in [3.8, 4) is 0 Å². The molecular formula is C22H19N7O4S. The Balaban J connectivity index is 1.32. The highest BCUT2D eigenvalue weighted by Gasteiger charge is 2.11. The average Bonchev–Trinajstić information content (AvgIpc) is 3.26. The molecule has 0 saturated carbocycles. The number of hydrogen-bond donors (Lipinski definition) is 2. The average molecular weight is 478 g/mol. The van der Waals surface area contributed by atoms with Gasteiger partial charge in [-0.3, -0.25) is 19.7 Å². The summed E-state index contributed by atoms with van der Waals surface area (Å²) < 4.78 is 1.59. The Morgan fingerprint density at radius 3 is 2.50 bits per heavy atom. The van der Waals surface area contributed by atoms with E-state index in [1.165, 1.54) is 36.0 Å². The van der Waals surface area contributed by atoms with Crippen LogP contribution >= 0.6 is 11.8 Å². The predicted octanol–water partition coefficient (Wildman–Crippen LogP) is 2.74. The van der Waals surface area contributed by atoms with Crippen molar-refractivity contribution in [1.82, 2.24) is 25.1 Å². The number of carbonyl (C=O) groups is 2. The van der Waals surface area contributed by atoms with Crippen LogP contribution in [0.5, 0.6) is 0 Å². The minimum Gasteiger partial charge on any atom is -0.352 e. The number of nitrogens with zero attached hydrogens (tertiary/aromatic N) is 5. The molecule has 0 saturated heterocycles. The van der Waals surface area contributed by atoms with Crippen LogP contribution in [-0.2, 0) is 11.2 Å². The number of aromatic nitrogens is 4. The van der Waals surface area contributed by atoms with Crippen LogP contribution in [0.3, 0.4) is 0 Å². The van der Waals surface area contributed by atoms with Gasteiger partial charge in [-0.1, -0.05) is 30.0 Å². The molecule has 0 unspecified atom stereocenters. The van der Waals surface area contributed by atoms with E-state index in [0.29, 0.717) is 40.7 Å². The quantitative estimate of drug-likeness (QED) is 0.213. The fourth-order valence-electron chi connectivity index (χ4n) is 3.03. The zero-order valence-corrected chi connectivity index (χ0v) is 18.6. The van der Waals surface area contributed by atoms with Crippen molar-refractivity contribution in [3.05, 3.63) is 88.2 Å². The van der Waals surface area contributed by atoms with Gasteiger partial charge in [-0.25, -0.2) is 0 Å². The minimum atomic E-state index is -0.500. The van der Waals surface area contributed by atoms with Crippen LogP contribution in [0.4, 0.5) is 11.4 Å². The van der Waals surface area contributed by atoms with Gasteiger partial charge in [-0.15, -0.1) is 10.2 Å². The van der Waals surface area contributed by atoms with Gasteiger partial charge in [-0.05, 0) is 36.4 Å². The summed E-state index contributed by atoms with van der Waals surface area (Å²) in [6.45, 7) is 0.366. The van der Waals surface area contributed by atoms with E-state index in [4.69, 9.17) is 0 Å². The van der Waals surface area contributed by atoms with Gasteiger partial charge < -0.3 is 10.6 Å². The molecule has 2 aromatic carbocycles. The van der Waals surface area contributed by atoms with E-state index in [2.05, 4.69) is 25.9 Å². The van der Waals surface area contributed by atoms with E-state index in [0.717, 1.165) is 0 Å². The summed E-state index contributed by atoms with van der Waals surface area (Å²) in [5.41, 5.74) is 1.56. The lowest BCUT2D eigenvalue weighted by molar-refractivity contribution is -0.384. The molecule has 0 aliphatic carbocycles. The normalized spacial score (nSPS) is 10.7. The van der Waals surface area contributed by atoms with Crippen LogP contribution in [0.25, 0.3) is 5.65 Å². The molecule has 34 heavy (non-hydrogen) atoms. The van der Waals surface area contributed by atoms with E-state index in [1.807, 2.05) is 6.07 Å². The van der Waals surface area contributed by atoms with Gasteiger partial charge in [0, 0.05) is 36.3 Å².